The Kier molecular flexibility index (Phi) is 7.38. The van der Waals surface area contributed by atoms with Crippen LogP contribution in [-0.4, -0.2) is 36.1 Å². The van der Waals surface area contributed by atoms with Crippen molar-refractivity contribution in [3.05, 3.63) is 0 Å². The SMILES string of the molecule is CCCNC(CCC(C)C)C(C)(C)N1CCCCC1. The Bertz CT molecular complexity index is 229. The quantitative estimate of drug-likeness (QED) is 0.714. The molecule has 0 saturated carbocycles. The predicted octanol–water partition coefficient (Wildman–Crippen LogP) is 4.06. The summed E-state index contributed by atoms with van der Waals surface area (Å²) in [5.74, 6) is 0.808. The second kappa shape index (κ2) is 8.26. The molecule has 2 nitrogen and oxygen atoms in total. The van der Waals surface area contributed by atoms with E-state index in [1.165, 1.54) is 51.6 Å². The Morgan fingerprint density at radius 3 is 2.21 bits per heavy atom. The van der Waals surface area contributed by atoms with Crippen molar-refractivity contribution in [3.63, 3.8) is 0 Å². The van der Waals surface area contributed by atoms with Crippen molar-refractivity contribution in [1.82, 2.24) is 10.2 Å². The van der Waals surface area contributed by atoms with Crippen LogP contribution in [0.4, 0.5) is 0 Å². The van der Waals surface area contributed by atoms with Crippen molar-refractivity contribution in [3.8, 4) is 0 Å². The number of nitrogens with zero attached hydrogens (tertiary/aromatic N) is 1. The van der Waals surface area contributed by atoms with Gasteiger partial charge >= 0.3 is 0 Å². The Morgan fingerprint density at radius 1 is 1.05 bits per heavy atom. The number of nitrogens with one attached hydrogen (secondary N) is 1. The van der Waals surface area contributed by atoms with Crippen LogP contribution in [0.2, 0.25) is 0 Å². The van der Waals surface area contributed by atoms with Crippen molar-refractivity contribution in [2.45, 2.75) is 84.7 Å². The highest BCUT2D eigenvalue weighted by Crippen LogP contribution is 2.27. The van der Waals surface area contributed by atoms with E-state index >= 15 is 0 Å². The molecule has 1 aliphatic heterocycles. The minimum atomic E-state index is 0.296. The summed E-state index contributed by atoms with van der Waals surface area (Å²) in [5.41, 5.74) is 0.296. The van der Waals surface area contributed by atoms with Crippen molar-refractivity contribution in [1.29, 1.82) is 0 Å². The van der Waals surface area contributed by atoms with Crippen LogP contribution in [0.5, 0.6) is 0 Å². The zero-order valence-electron chi connectivity index (χ0n) is 14.0. The van der Waals surface area contributed by atoms with Crippen LogP contribution in [-0.2, 0) is 0 Å². The third-order valence-electron chi connectivity index (χ3n) is 4.70. The maximum atomic E-state index is 3.82. The van der Waals surface area contributed by atoms with Crippen molar-refractivity contribution >= 4 is 0 Å². The van der Waals surface area contributed by atoms with Gasteiger partial charge in [0.05, 0.1) is 0 Å². The normalized spacial score (nSPS) is 19.9. The number of rotatable bonds is 8. The van der Waals surface area contributed by atoms with Crippen molar-refractivity contribution in [2.24, 2.45) is 5.92 Å². The minimum Gasteiger partial charge on any atom is -0.312 e. The van der Waals surface area contributed by atoms with E-state index < -0.39 is 0 Å². The van der Waals surface area contributed by atoms with Gasteiger partial charge in [0, 0.05) is 11.6 Å². The van der Waals surface area contributed by atoms with Gasteiger partial charge in [-0.15, -0.1) is 0 Å². The molecular weight excluding hydrogens is 232 g/mol. The molecule has 1 fully saturated rings. The maximum absolute atomic E-state index is 3.82. The lowest BCUT2D eigenvalue weighted by atomic mass is 9.85. The molecule has 0 aromatic carbocycles. The zero-order chi connectivity index (χ0) is 14.3. The summed E-state index contributed by atoms with van der Waals surface area (Å²) in [6, 6.07) is 0.632. The van der Waals surface area contributed by atoms with Crippen LogP contribution < -0.4 is 5.32 Å². The molecular formula is C17H36N2. The summed E-state index contributed by atoms with van der Waals surface area (Å²) in [6.45, 7) is 15.6. The fourth-order valence-corrected chi connectivity index (χ4v) is 3.21. The molecule has 1 unspecified atom stereocenters. The van der Waals surface area contributed by atoms with Gasteiger partial charge in [-0.2, -0.15) is 0 Å². The van der Waals surface area contributed by atoms with E-state index in [2.05, 4.69) is 44.8 Å². The highest BCUT2D eigenvalue weighted by Gasteiger charge is 2.35. The molecule has 19 heavy (non-hydrogen) atoms. The average molecular weight is 268 g/mol. The number of hydrogen-bond acceptors (Lipinski definition) is 2. The lowest BCUT2D eigenvalue weighted by Crippen LogP contribution is -2.59. The van der Waals surface area contributed by atoms with Crippen LogP contribution in [0.1, 0.15) is 73.1 Å². The van der Waals surface area contributed by atoms with E-state index in [0.29, 0.717) is 11.6 Å². The van der Waals surface area contributed by atoms with Gasteiger partial charge in [0.15, 0.2) is 0 Å². The summed E-state index contributed by atoms with van der Waals surface area (Å²) >= 11 is 0. The molecule has 0 spiro atoms. The first-order valence-corrected chi connectivity index (χ1v) is 8.47. The minimum absolute atomic E-state index is 0.296. The van der Waals surface area contributed by atoms with Crippen LogP contribution in [0, 0.1) is 5.92 Å². The summed E-state index contributed by atoms with van der Waals surface area (Å²) in [4.78, 5) is 2.73. The molecule has 1 rings (SSSR count). The standard InChI is InChI=1S/C17H36N2/c1-6-12-18-16(11-10-15(2)3)17(4,5)19-13-8-7-9-14-19/h15-16,18H,6-14H2,1-5H3. The topological polar surface area (TPSA) is 15.3 Å². The Morgan fingerprint density at radius 2 is 1.68 bits per heavy atom. The summed E-state index contributed by atoms with van der Waals surface area (Å²) < 4.78 is 0. The first-order chi connectivity index (χ1) is 8.98. The third kappa shape index (κ3) is 5.43. The Hall–Kier alpha value is -0.0800. The van der Waals surface area contributed by atoms with Crippen LogP contribution in [0.25, 0.3) is 0 Å². The van der Waals surface area contributed by atoms with Gasteiger partial charge in [0.2, 0.25) is 0 Å². The summed E-state index contributed by atoms with van der Waals surface area (Å²) in [6.07, 6.45) is 8.06. The molecule has 0 aromatic heterocycles. The van der Waals surface area contributed by atoms with E-state index in [9.17, 15) is 0 Å². The monoisotopic (exact) mass is 268 g/mol. The van der Waals surface area contributed by atoms with Gasteiger partial charge in [-0.3, -0.25) is 4.90 Å². The van der Waals surface area contributed by atoms with Crippen LogP contribution >= 0.6 is 0 Å². The molecule has 0 radical (unpaired) electrons. The molecule has 1 saturated heterocycles. The van der Waals surface area contributed by atoms with Crippen LogP contribution in [0.15, 0.2) is 0 Å². The van der Waals surface area contributed by atoms with Crippen molar-refractivity contribution < 1.29 is 0 Å². The number of likely N-dealkylation sites (tertiary alicyclic amines) is 1. The summed E-state index contributed by atoms with van der Waals surface area (Å²) in [7, 11) is 0. The van der Waals surface area contributed by atoms with Crippen LogP contribution in [0.3, 0.4) is 0 Å². The fraction of sp³-hybridized carbons (Fsp3) is 1.00. The predicted molar refractivity (Wildman–Crippen MR) is 85.7 cm³/mol. The van der Waals surface area contributed by atoms with Gasteiger partial charge < -0.3 is 5.32 Å². The molecule has 0 aliphatic carbocycles. The van der Waals surface area contributed by atoms with Gasteiger partial charge in [-0.1, -0.05) is 27.2 Å². The van der Waals surface area contributed by atoms with E-state index in [1.807, 2.05) is 0 Å². The van der Waals surface area contributed by atoms with E-state index in [4.69, 9.17) is 0 Å². The van der Waals surface area contributed by atoms with E-state index in [1.54, 1.807) is 0 Å². The van der Waals surface area contributed by atoms with Gasteiger partial charge in [0.25, 0.3) is 0 Å². The molecule has 1 aliphatic rings. The first-order valence-electron chi connectivity index (χ1n) is 8.47. The van der Waals surface area contributed by atoms with Gasteiger partial charge in [-0.05, 0) is 71.5 Å². The van der Waals surface area contributed by atoms with Gasteiger partial charge in [0.1, 0.15) is 0 Å². The molecule has 2 heteroatoms. The van der Waals surface area contributed by atoms with E-state index in [-0.39, 0.29) is 0 Å². The summed E-state index contributed by atoms with van der Waals surface area (Å²) in [5, 5.41) is 3.82. The molecule has 1 N–H and O–H groups in total. The second-order valence-electron chi connectivity index (χ2n) is 7.18. The zero-order valence-corrected chi connectivity index (χ0v) is 14.0. The smallest absolute Gasteiger partial charge is 0.0306 e. The third-order valence-corrected chi connectivity index (χ3v) is 4.70. The maximum Gasteiger partial charge on any atom is 0.0306 e. The highest BCUT2D eigenvalue weighted by atomic mass is 15.2. The Labute approximate surface area is 121 Å². The molecule has 1 heterocycles. The lowest BCUT2D eigenvalue weighted by Gasteiger charge is -2.46. The number of hydrogen-bond donors (Lipinski definition) is 1. The molecule has 0 amide bonds. The molecule has 1 atom stereocenters. The van der Waals surface area contributed by atoms with Gasteiger partial charge in [-0.25, -0.2) is 0 Å². The molecule has 114 valence electrons. The molecule has 0 aromatic rings. The fourth-order valence-electron chi connectivity index (χ4n) is 3.21. The molecule has 0 bridgehead atoms. The lowest BCUT2D eigenvalue weighted by molar-refractivity contribution is 0.0565. The average Bonchev–Trinajstić information content (AvgIpc) is 2.39. The van der Waals surface area contributed by atoms with E-state index in [0.717, 1.165) is 12.5 Å². The number of piperidine rings is 1. The Balaban J connectivity index is 2.62. The highest BCUT2D eigenvalue weighted by molar-refractivity contribution is 4.94. The second-order valence-corrected chi connectivity index (χ2v) is 7.18. The largest absolute Gasteiger partial charge is 0.312 e. The van der Waals surface area contributed by atoms with Crippen molar-refractivity contribution in [2.75, 3.05) is 19.6 Å². The first kappa shape index (κ1) is 17.0.